The summed E-state index contributed by atoms with van der Waals surface area (Å²) in [5.74, 6) is -3.26. The van der Waals surface area contributed by atoms with Crippen LogP contribution in [0.25, 0.3) is 0 Å². The number of anilines is 1. The molecule has 2 N–H and O–H groups in total. The lowest BCUT2D eigenvalue weighted by Gasteiger charge is -2.24. The highest BCUT2D eigenvalue weighted by Crippen LogP contribution is 2.32. The maximum atomic E-state index is 12.5. The quantitative estimate of drug-likeness (QED) is 0.627. The standard InChI is InChI=1S/C17H21NO5S/c1-9(2)23-17(22)13-8-10(3)24-15(13)18-14(19)11-6-4-5-7-12(11)16(20)21/h4-5,8-9,11-12H,6-7H2,1-3H3,(H,18,19)(H,20,21)/t11-,12-/m1/s1. The second-order valence-corrected chi connectivity index (χ2v) is 7.29. The van der Waals surface area contributed by atoms with Crippen molar-refractivity contribution in [2.45, 2.75) is 39.7 Å². The van der Waals surface area contributed by atoms with Gasteiger partial charge in [0.15, 0.2) is 0 Å². The van der Waals surface area contributed by atoms with Gasteiger partial charge in [0, 0.05) is 4.88 Å². The first kappa shape index (κ1) is 18.2. The number of esters is 1. The van der Waals surface area contributed by atoms with Gasteiger partial charge in [-0.3, -0.25) is 9.59 Å². The Bertz CT molecular complexity index is 677. The van der Waals surface area contributed by atoms with E-state index in [0.717, 1.165) is 4.88 Å². The predicted octanol–water partition coefficient (Wildman–Crippen LogP) is 3.23. The second kappa shape index (κ2) is 7.61. The van der Waals surface area contributed by atoms with Crippen LogP contribution in [0, 0.1) is 18.8 Å². The van der Waals surface area contributed by atoms with Gasteiger partial charge in [-0.25, -0.2) is 4.79 Å². The number of amides is 1. The van der Waals surface area contributed by atoms with E-state index in [1.54, 1.807) is 26.0 Å². The summed E-state index contributed by atoms with van der Waals surface area (Å²) in [6.45, 7) is 5.33. The topological polar surface area (TPSA) is 92.7 Å². The Morgan fingerprint density at radius 3 is 2.46 bits per heavy atom. The van der Waals surface area contributed by atoms with Crippen molar-refractivity contribution in [2.24, 2.45) is 11.8 Å². The molecule has 0 saturated carbocycles. The van der Waals surface area contributed by atoms with E-state index in [2.05, 4.69) is 5.32 Å². The van der Waals surface area contributed by atoms with Crippen LogP contribution >= 0.6 is 11.3 Å². The molecule has 6 nitrogen and oxygen atoms in total. The van der Waals surface area contributed by atoms with Gasteiger partial charge in [0.25, 0.3) is 0 Å². The van der Waals surface area contributed by atoms with Crippen molar-refractivity contribution < 1.29 is 24.2 Å². The van der Waals surface area contributed by atoms with Gasteiger partial charge in [-0.05, 0) is 39.7 Å². The lowest BCUT2D eigenvalue weighted by Crippen LogP contribution is -2.34. The largest absolute Gasteiger partial charge is 0.481 e. The van der Waals surface area contributed by atoms with Crippen molar-refractivity contribution in [2.75, 3.05) is 5.32 Å². The van der Waals surface area contributed by atoms with Crippen molar-refractivity contribution in [3.05, 3.63) is 28.7 Å². The number of carbonyl (C=O) groups is 3. The first-order valence-electron chi connectivity index (χ1n) is 7.79. The fraction of sp³-hybridized carbons (Fsp3) is 0.471. The molecule has 0 unspecified atom stereocenters. The summed E-state index contributed by atoms with van der Waals surface area (Å²) < 4.78 is 5.19. The molecule has 130 valence electrons. The van der Waals surface area contributed by atoms with E-state index in [1.807, 2.05) is 13.0 Å². The Hall–Kier alpha value is -2.15. The molecule has 1 amide bonds. The van der Waals surface area contributed by atoms with Crippen LogP contribution in [0.2, 0.25) is 0 Å². The third kappa shape index (κ3) is 4.23. The number of carboxylic acids is 1. The van der Waals surface area contributed by atoms with Crippen molar-refractivity contribution in [1.82, 2.24) is 0 Å². The fourth-order valence-corrected chi connectivity index (χ4v) is 3.52. The van der Waals surface area contributed by atoms with E-state index in [-0.39, 0.29) is 12.0 Å². The van der Waals surface area contributed by atoms with Crippen LogP contribution in [-0.2, 0) is 14.3 Å². The van der Waals surface area contributed by atoms with E-state index in [9.17, 15) is 19.5 Å². The molecular formula is C17H21NO5S. The maximum absolute atomic E-state index is 12.5. The van der Waals surface area contributed by atoms with Crippen LogP contribution in [-0.4, -0.2) is 29.1 Å². The highest BCUT2D eigenvalue weighted by Gasteiger charge is 2.34. The van der Waals surface area contributed by atoms with E-state index in [1.165, 1.54) is 11.3 Å². The molecule has 0 spiro atoms. The molecule has 0 aliphatic heterocycles. The summed E-state index contributed by atoms with van der Waals surface area (Å²) in [5, 5.41) is 12.4. The molecule has 0 aromatic carbocycles. The Kier molecular flexibility index (Phi) is 5.77. The molecule has 1 aliphatic rings. The number of hydrogen-bond acceptors (Lipinski definition) is 5. The zero-order valence-electron chi connectivity index (χ0n) is 13.9. The van der Waals surface area contributed by atoms with E-state index in [0.29, 0.717) is 23.4 Å². The first-order chi connectivity index (χ1) is 11.3. The van der Waals surface area contributed by atoms with Gasteiger partial charge in [-0.1, -0.05) is 12.2 Å². The lowest BCUT2D eigenvalue weighted by atomic mass is 9.82. The number of ether oxygens (including phenoxy) is 1. The number of allylic oxidation sites excluding steroid dienone is 2. The predicted molar refractivity (Wildman–Crippen MR) is 91.2 cm³/mol. The monoisotopic (exact) mass is 351 g/mol. The van der Waals surface area contributed by atoms with Crippen LogP contribution in [0.15, 0.2) is 18.2 Å². The van der Waals surface area contributed by atoms with Crippen LogP contribution < -0.4 is 5.32 Å². The molecule has 1 aromatic heterocycles. The van der Waals surface area contributed by atoms with E-state index in [4.69, 9.17) is 4.74 Å². The Balaban J connectivity index is 2.18. The number of hydrogen-bond donors (Lipinski definition) is 2. The number of aryl methyl sites for hydroxylation is 1. The summed E-state index contributed by atoms with van der Waals surface area (Å²) in [5.41, 5.74) is 0.303. The third-order valence-electron chi connectivity index (χ3n) is 3.74. The van der Waals surface area contributed by atoms with Crippen molar-refractivity contribution in [3.63, 3.8) is 0 Å². The molecule has 2 rings (SSSR count). The van der Waals surface area contributed by atoms with Crippen molar-refractivity contribution in [3.8, 4) is 0 Å². The summed E-state index contributed by atoms with van der Waals surface area (Å²) in [7, 11) is 0. The minimum Gasteiger partial charge on any atom is -0.481 e. The molecule has 7 heteroatoms. The molecular weight excluding hydrogens is 330 g/mol. The van der Waals surface area contributed by atoms with Gasteiger partial charge >= 0.3 is 11.9 Å². The van der Waals surface area contributed by atoms with Gasteiger partial charge < -0.3 is 15.2 Å². The van der Waals surface area contributed by atoms with E-state index >= 15 is 0 Å². The Morgan fingerprint density at radius 1 is 1.25 bits per heavy atom. The molecule has 1 heterocycles. The summed E-state index contributed by atoms with van der Waals surface area (Å²) in [4.78, 5) is 36.9. The average molecular weight is 351 g/mol. The minimum absolute atomic E-state index is 0.263. The zero-order valence-corrected chi connectivity index (χ0v) is 14.7. The number of carboxylic acid groups (broad SMARTS) is 1. The number of thiophene rings is 1. The van der Waals surface area contributed by atoms with Gasteiger partial charge in [-0.15, -0.1) is 11.3 Å². The van der Waals surface area contributed by atoms with Crippen LogP contribution in [0.5, 0.6) is 0 Å². The highest BCUT2D eigenvalue weighted by atomic mass is 32.1. The Labute approximate surface area is 144 Å². The lowest BCUT2D eigenvalue weighted by molar-refractivity contribution is -0.146. The smallest absolute Gasteiger partial charge is 0.341 e. The van der Waals surface area contributed by atoms with Crippen LogP contribution in [0.4, 0.5) is 5.00 Å². The van der Waals surface area contributed by atoms with Crippen LogP contribution in [0.3, 0.4) is 0 Å². The van der Waals surface area contributed by atoms with Gasteiger partial charge in [-0.2, -0.15) is 0 Å². The van der Waals surface area contributed by atoms with Gasteiger partial charge in [0.05, 0.1) is 23.5 Å². The highest BCUT2D eigenvalue weighted by molar-refractivity contribution is 7.16. The summed E-state index contributed by atoms with van der Waals surface area (Å²) in [6.07, 6.45) is 4.04. The maximum Gasteiger partial charge on any atom is 0.341 e. The number of aliphatic carboxylic acids is 1. The molecule has 0 bridgehead atoms. The van der Waals surface area contributed by atoms with E-state index < -0.39 is 23.8 Å². The molecule has 1 aromatic rings. The van der Waals surface area contributed by atoms with Crippen molar-refractivity contribution >= 4 is 34.2 Å². The third-order valence-corrected chi connectivity index (χ3v) is 4.71. The minimum atomic E-state index is -0.985. The second-order valence-electron chi connectivity index (χ2n) is 6.04. The zero-order chi connectivity index (χ0) is 17.9. The first-order valence-corrected chi connectivity index (χ1v) is 8.61. The molecule has 2 atom stereocenters. The number of nitrogens with one attached hydrogen (secondary N) is 1. The van der Waals surface area contributed by atoms with Crippen LogP contribution in [0.1, 0.15) is 41.9 Å². The van der Waals surface area contributed by atoms with Gasteiger partial charge in [0.1, 0.15) is 5.00 Å². The summed E-state index contributed by atoms with van der Waals surface area (Å²) in [6, 6.07) is 1.67. The molecule has 24 heavy (non-hydrogen) atoms. The SMILES string of the molecule is Cc1cc(C(=O)OC(C)C)c(NC(=O)[C@@H]2CC=CC[C@H]2C(=O)O)s1. The molecule has 1 aliphatic carbocycles. The number of rotatable bonds is 5. The fourth-order valence-electron chi connectivity index (χ4n) is 2.62. The average Bonchev–Trinajstić information content (AvgIpc) is 2.87. The molecule has 0 radical (unpaired) electrons. The van der Waals surface area contributed by atoms with Crippen molar-refractivity contribution in [1.29, 1.82) is 0 Å². The molecule has 0 fully saturated rings. The molecule has 0 saturated heterocycles. The normalized spacial score (nSPS) is 20.0. The van der Waals surface area contributed by atoms with Gasteiger partial charge in [0.2, 0.25) is 5.91 Å². The Morgan fingerprint density at radius 2 is 1.88 bits per heavy atom. The summed E-state index contributed by atoms with van der Waals surface area (Å²) >= 11 is 1.27. The number of carbonyl (C=O) groups excluding carboxylic acids is 2.